The molecule has 8 heteroatoms. The Kier molecular flexibility index (Phi) is 4.16. The maximum atomic E-state index is 11.4. The fraction of sp³-hybridized carbons (Fsp3) is 0.333. The van der Waals surface area contributed by atoms with Crippen LogP contribution in [0.15, 0.2) is 35.1 Å². The highest BCUT2D eigenvalue weighted by Crippen LogP contribution is 2.35. The Morgan fingerprint density at radius 1 is 1.31 bits per heavy atom. The number of nitrogens with zero attached hydrogens (tertiary/aromatic N) is 4. The Balaban J connectivity index is 1.78. The Morgan fingerprint density at radius 3 is 2.85 bits per heavy atom. The van der Waals surface area contributed by atoms with Gasteiger partial charge in [0.25, 0.3) is 5.71 Å². The van der Waals surface area contributed by atoms with E-state index in [-0.39, 0.29) is 0 Å². The third-order valence-electron chi connectivity index (χ3n) is 4.69. The lowest BCUT2D eigenvalue weighted by atomic mass is 9.98. The summed E-state index contributed by atoms with van der Waals surface area (Å²) in [5, 5.41) is 14.2. The summed E-state index contributed by atoms with van der Waals surface area (Å²) in [4.78, 5) is 22.0. The Morgan fingerprint density at radius 2 is 2.12 bits per heavy atom. The van der Waals surface area contributed by atoms with Gasteiger partial charge in [-0.3, -0.25) is 4.79 Å². The van der Waals surface area contributed by atoms with Gasteiger partial charge < -0.3 is 19.3 Å². The molecule has 0 bridgehead atoms. The summed E-state index contributed by atoms with van der Waals surface area (Å²) in [5.74, 6) is 0.227. The Bertz CT molecular complexity index is 938. The lowest BCUT2D eigenvalue weighted by Crippen LogP contribution is -2.39. The number of benzene rings is 1. The number of aromatic nitrogens is 3. The van der Waals surface area contributed by atoms with E-state index in [9.17, 15) is 9.90 Å². The second kappa shape index (κ2) is 6.62. The zero-order chi connectivity index (χ0) is 18.1. The Hall–Kier alpha value is -3.16. The van der Waals surface area contributed by atoms with Gasteiger partial charge in [0.1, 0.15) is 29.0 Å². The van der Waals surface area contributed by atoms with E-state index in [0.29, 0.717) is 35.6 Å². The van der Waals surface area contributed by atoms with E-state index in [1.54, 1.807) is 7.11 Å². The summed E-state index contributed by atoms with van der Waals surface area (Å²) < 4.78 is 10.6. The number of carboxylic acids is 1. The molecule has 1 aliphatic heterocycles. The molecule has 2 aromatic heterocycles. The number of methoxy groups -OCH3 is 1. The van der Waals surface area contributed by atoms with Crippen LogP contribution in [-0.4, -0.2) is 46.4 Å². The summed E-state index contributed by atoms with van der Waals surface area (Å²) in [6.07, 6.45) is 2.89. The second-order valence-corrected chi connectivity index (χ2v) is 6.26. The van der Waals surface area contributed by atoms with Crippen LogP contribution in [0.4, 0.5) is 5.82 Å². The smallest absolute Gasteiger partial charge is 0.308 e. The number of hydrogen-bond acceptors (Lipinski definition) is 7. The third kappa shape index (κ3) is 2.83. The molecule has 1 saturated heterocycles. The van der Waals surface area contributed by atoms with Crippen LogP contribution in [0.25, 0.3) is 22.4 Å². The van der Waals surface area contributed by atoms with Crippen LogP contribution in [0, 0.1) is 5.92 Å². The van der Waals surface area contributed by atoms with E-state index < -0.39 is 11.9 Å². The topological polar surface area (TPSA) is 102 Å². The summed E-state index contributed by atoms with van der Waals surface area (Å²) in [5.41, 5.74) is 1.88. The summed E-state index contributed by atoms with van der Waals surface area (Å²) in [6, 6.07) is 7.48. The molecule has 0 aliphatic carbocycles. The largest absolute Gasteiger partial charge is 0.497 e. The minimum atomic E-state index is -0.777. The maximum Gasteiger partial charge on any atom is 0.308 e. The van der Waals surface area contributed by atoms with E-state index in [2.05, 4.69) is 15.1 Å². The number of aliphatic carboxylic acids is 1. The number of piperidine rings is 1. The molecule has 0 radical (unpaired) electrons. The highest BCUT2D eigenvalue weighted by atomic mass is 16.5. The van der Waals surface area contributed by atoms with Crippen molar-refractivity contribution in [1.29, 1.82) is 0 Å². The molecule has 1 aromatic carbocycles. The molecule has 8 nitrogen and oxygen atoms in total. The van der Waals surface area contributed by atoms with Crippen LogP contribution in [0.3, 0.4) is 0 Å². The first-order chi connectivity index (χ1) is 12.7. The van der Waals surface area contributed by atoms with Gasteiger partial charge in [-0.2, -0.15) is 4.98 Å². The number of carbonyl (C=O) groups is 1. The molecular formula is C18H18N4O4. The predicted molar refractivity (Wildman–Crippen MR) is 94.2 cm³/mol. The normalized spacial score (nSPS) is 17.4. The highest BCUT2D eigenvalue weighted by Gasteiger charge is 2.29. The molecule has 3 aromatic rings. The third-order valence-corrected chi connectivity index (χ3v) is 4.69. The molecule has 134 valence electrons. The van der Waals surface area contributed by atoms with Gasteiger partial charge in [0.15, 0.2) is 0 Å². The zero-order valence-corrected chi connectivity index (χ0v) is 14.3. The van der Waals surface area contributed by atoms with Gasteiger partial charge in [0.2, 0.25) is 0 Å². The maximum absolute atomic E-state index is 11.4. The average molecular weight is 354 g/mol. The van der Waals surface area contributed by atoms with Crippen LogP contribution in [0.1, 0.15) is 12.8 Å². The number of hydrogen-bond donors (Lipinski definition) is 1. The molecular weight excluding hydrogens is 336 g/mol. The van der Waals surface area contributed by atoms with Crippen molar-refractivity contribution in [1.82, 2.24) is 15.1 Å². The van der Waals surface area contributed by atoms with Crippen molar-refractivity contribution in [2.45, 2.75) is 12.8 Å². The predicted octanol–water partition coefficient (Wildman–Crippen LogP) is 2.59. The van der Waals surface area contributed by atoms with Crippen LogP contribution >= 0.6 is 0 Å². The second-order valence-electron chi connectivity index (χ2n) is 6.26. The van der Waals surface area contributed by atoms with Crippen molar-refractivity contribution in [3.05, 3.63) is 30.6 Å². The Labute approximate surface area is 149 Å². The number of anilines is 1. The molecule has 1 unspecified atom stereocenters. The van der Waals surface area contributed by atoms with Crippen molar-refractivity contribution in [3.63, 3.8) is 0 Å². The van der Waals surface area contributed by atoms with Crippen molar-refractivity contribution in [2.75, 3.05) is 25.1 Å². The molecule has 3 heterocycles. The van der Waals surface area contributed by atoms with Crippen LogP contribution in [0.5, 0.6) is 5.75 Å². The van der Waals surface area contributed by atoms with E-state index in [0.717, 1.165) is 24.3 Å². The van der Waals surface area contributed by atoms with Gasteiger partial charge >= 0.3 is 5.97 Å². The van der Waals surface area contributed by atoms with E-state index >= 15 is 0 Å². The number of rotatable bonds is 4. The standard InChI is InChI=1S/C18H18N4O4/c1-25-13-6-4-11(5-7-13)15-14-16(19-10-20-17(14)26-21-15)22-8-2-3-12(9-22)18(23)24/h4-7,10,12H,2-3,8-9H2,1H3,(H,23,24). The van der Waals surface area contributed by atoms with Crippen LogP contribution < -0.4 is 9.64 Å². The molecule has 1 aliphatic rings. The number of carboxylic acid groups (broad SMARTS) is 1. The SMILES string of the molecule is COc1ccc(-c2noc3ncnc(N4CCCC(C(=O)O)C4)c23)cc1. The van der Waals surface area contributed by atoms with Crippen LogP contribution in [-0.2, 0) is 4.79 Å². The molecule has 1 fully saturated rings. The van der Waals surface area contributed by atoms with Gasteiger partial charge in [-0.25, -0.2) is 4.98 Å². The summed E-state index contributed by atoms with van der Waals surface area (Å²) in [6.45, 7) is 1.15. The van der Waals surface area contributed by atoms with Gasteiger partial charge in [0, 0.05) is 18.7 Å². The fourth-order valence-electron chi connectivity index (χ4n) is 3.33. The van der Waals surface area contributed by atoms with Gasteiger partial charge in [-0.1, -0.05) is 5.16 Å². The molecule has 1 N–H and O–H groups in total. The van der Waals surface area contributed by atoms with E-state index in [1.165, 1.54) is 6.33 Å². The van der Waals surface area contributed by atoms with Gasteiger partial charge in [-0.05, 0) is 37.1 Å². The molecule has 1 atom stereocenters. The van der Waals surface area contributed by atoms with Crippen molar-refractivity contribution < 1.29 is 19.2 Å². The lowest BCUT2D eigenvalue weighted by Gasteiger charge is -2.31. The van der Waals surface area contributed by atoms with Crippen molar-refractivity contribution >= 4 is 22.9 Å². The minimum absolute atomic E-state index is 0.387. The van der Waals surface area contributed by atoms with Crippen molar-refractivity contribution in [2.24, 2.45) is 5.92 Å². The molecule has 4 rings (SSSR count). The van der Waals surface area contributed by atoms with Gasteiger partial charge in [0.05, 0.1) is 13.0 Å². The van der Waals surface area contributed by atoms with Crippen molar-refractivity contribution in [3.8, 4) is 17.0 Å². The first kappa shape index (κ1) is 16.3. The van der Waals surface area contributed by atoms with Crippen LogP contribution in [0.2, 0.25) is 0 Å². The van der Waals surface area contributed by atoms with E-state index in [1.807, 2.05) is 29.2 Å². The quantitative estimate of drug-likeness (QED) is 0.763. The highest BCUT2D eigenvalue weighted by molar-refractivity contribution is 5.98. The molecule has 0 saturated carbocycles. The monoisotopic (exact) mass is 354 g/mol. The summed E-state index contributed by atoms with van der Waals surface area (Å²) in [7, 11) is 1.61. The minimum Gasteiger partial charge on any atom is -0.497 e. The lowest BCUT2D eigenvalue weighted by molar-refractivity contribution is -0.141. The molecule has 0 amide bonds. The number of fused-ring (bicyclic) bond motifs is 1. The zero-order valence-electron chi connectivity index (χ0n) is 14.3. The first-order valence-corrected chi connectivity index (χ1v) is 8.40. The first-order valence-electron chi connectivity index (χ1n) is 8.40. The van der Waals surface area contributed by atoms with E-state index in [4.69, 9.17) is 9.26 Å². The molecule has 26 heavy (non-hydrogen) atoms. The summed E-state index contributed by atoms with van der Waals surface area (Å²) >= 11 is 0. The average Bonchev–Trinajstić information content (AvgIpc) is 3.12. The van der Waals surface area contributed by atoms with Gasteiger partial charge in [-0.15, -0.1) is 0 Å². The number of ether oxygens (including phenoxy) is 1. The fourth-order valence-corrected chi connectivity index (χ4v) is 3.33. The molecule has 0 spiro atoms.